The Balaban J connectivity index is 2.15. The molecule has 0 aliphatic rings. The molecular weight excluding hydrogens is 318 g/mol. The van der Waals surface area contributed by atoms with Crippen molar-refractivity contribution >= 4 is 23.3 Å². The molecule has 0 radical (unpaired) electrons. The Kier molecular flexibility index (Phi) is 6.32. The van der Waals surface area contributed by atoms with E-state index in [1.807, 2.05) is 24.3 Å². The summed E-state index contributed by atoms with van der Waals surface area (Å²) in [4.78, 5) is 24.2. The second-order valence-corrected chi connectivity index (χ2v) is 4.90. The Morgan fingerprint density at radius 2 is 1.80 bits per heavy atom. The van der Waals surface area contributed by atoms with Gasteiger partial charge in [0.25, 0.3) is 5.91 Å². The molecule has 6 heteroatoms. The molecule has 0 bridgehead atoms. The zero-order chi connectivity index (χ0) is 18.1. The fourth-order valence-corrected chi connectivity index (χ4v) is 2.01. The van der Waals surface area contributed by atoms with Crippen molar-refractivity contribution in [3.05, 3.63) is 71.9 Å². The Morgan fingerprint density at radius 3 is 2.48 bits per heavy atom. The van der Waals surface area contributed by atoms with Crippen molar-refractivity contribution in [1.29, 1.82) is 5.26 Å². The Labute approximate surface area is 145 Å². The highest BCUT2D eigenvalue weighted by molar-refractivity contribution is 6.09. The number of nitriles is 1. The molecule has 2 aromatic rings. The van der Waals surface area contributed by atoms with Crippen LogP contribution in [0.2, 0.25) is 0 Å². The summed E-state index contributed by atoms with van der Waals surface area (Å²) in [5.74, 6) is -1.16. The largest absolute Gasteiger partial charge is 0.462 e. The maximum absolute atomic E-state index is 12.3. The molecule has 2 N–H and O–H groups in total. The number of carbonyl (C=O) groups is 2. The molecule has 1 amide bonds. The third-order valence-corrected chi connectivity index (χ3v) is 3.19. The first kappa shape index (κ1) is 17.8. The van der Waals surface area contributed by atoms with Crippen LogP contribution in [0.15, 0.2) is 66.4 Å². The molecule has 0 atom stereocenters. The second-order valence-electron chi connectivity index (χ2n) is 4.90. The van der Waals surface area contributed by atoms with Crippen molar-refractivity contribution in [3.8, 4) is 6.07 Å². The van der Waals surface area contributed by atoms with E-state index >= 15 is 0 Å². The van der Waals surface area contributed by atoms with E-state index in [0.29, 0.717) is 0 Å². The molecule has 6 nitrogen and oxygen atoms in total. The van der Waals surface area contributed by atoms with Crippen LogP contribution >= 0.6 is 0 Å². The minimum absolute atomic E-state index is 0.123. The van der Waals surface area contributed by atoms with Gasteiger partial charge in [0, 0.05) is 11.9 Å². The number of anilines is 2. The normalized spacial score (nSPS) is 10.5. The smallest absolute Gasteiger partial charge is 0.340 e. The summed E-state index contributed by atoms with van der Waals surface area (Å²) in [6.07, 6.45) is 1.32. The van der Waals surface area contributed by atoms with Gasteiger partial charge in [-0.15, -0.1) is 0 Å². The Morgan fingerprint density at radius 1 is 1.12 bits per heavy atom. The monoisotopic (exact) mass is 335 g/mol. The van der Waals surface area contributed by atoms with Gasteiger partial charge in [-0.1, -0.05) is 30.3 Å². The number of nitrogens with one attached hydrogen (secondary N) is 2. The molecule has 0 aliphatic carbocycles. The van der Waals surface area contributed by atoms with E-state index in [1.54, 1.807) is 43.3 Å². The van der Waals surface area contributed by atoms with Crippen LogP contribution in [0.5, 0.6) is 0 Å². The molecule has 2 aromatic carbocycles. The molecule has 25 heavy (non-hydrogen) atoms. The highest BCUT2D eigenvalue weighted by atomic mass is 16.5. The number of benzene rings is 2. The lowest BCUT2D eigenvalue weighted by Crippen LogP contribution is -2.17. The fraction of sp³-hybridized carbons (Fsp3) is 0.105. The van der Waals surface area contributed by atoms with Crippen molar-refractivity contribution < 1.29 is 14.3 Å². The van der Waals surface area contributed by atoms with Gasteiger partial charge in [-0.3, -0.25) is 4.79 Å². The molecule has 0 saturated heterocycles. The predicted octanol–water partition coefficient (Wildman–Crippen LogP) is 3.32. The highest BCUT2D eigenvalue weighted by Crippen LogP contribution is 2.17. The lowest BCUT2D eigenvalue weighted by Gasteiger charge is -2.10. The number of amides is 1. The van der Waals surface area contributed by atoms with Crippen LogP contribution in [0.4, 0.5) is 11.4 Å². The molecule has 0 spiro atoms. The first-order valence-corrected chi connectivity index (χ1v) is 7.65. The minimum Gasteiger partial charge on any atom is -0.462 e. The van der Waals surface area contributed by atoms with E-state index < -0.39 is 11.9 Å². The van der Waals surface area contributed by atoms with Gasteiger partial charge in [0.05, 0.1) is 17.9 Å². The van der Waals surface area contributed by atoms with Crippen LogP contribution in [-0.4, -0.2) is 18.5 Å². The van der Waals surface area contributed by atoms with Gasteiger partial charge in [0.15, 0.2) is 0 Å². The molecule has 0 aliphatic heterocycles. The first-order chi connectivity index (χ1) is 12.2. The van der Waals surface area contributed by atoms with Gasteiger partial charge in [-0.05, 0) is 31.2 Å². The molecule has 0 unspecified atom stereocenters. The van der Waals surface area contributed by atoms with Gasteiger partial charge >= 0.3 is 5.97 Å². The van der Waals surface area contributed by atoms with E-state index in [1.165, 1.54) is 6.20 Å². The molecule has 126 valence electrons. The fourth-order valence-electron chi connectivity index (χ4n) is 2.01. The molecule has 0 aromatic heterocycles. The summed E-state index contributed by atoms with van der Waals surface area (Å²) in [5.41, 5.74) is 1.13. The van der Waals surface area contributed by atoms with Crippen molar-refractivity contribution in [1.82, 2.24) is 0 Å². The van der Waals surface area contributed by atoms with Gasteiger partial charge in [0.1, 0.15) is 11.6 Å². The average Bonchev–Trinajstić information content (AvgIpc) is 2.63. The number of hydrogen-bond donors (Lipinski definition) is 2. The SMILES string of the molecule is CCOC(=O)c1ccccc1NC(=O)/C(C#N)=C\Nc1ccccc1. The lowest BCUT2D eigenvalue weighted by atomic mass is 10.1. The maximum atomic E-state index is 12.3. The molecule has 2 rings (SSSR count). The van der Waals surface area contributed by atoms with Gasteiger partial charge in [0.2, 0.25) is 0 Å². The zero-order valence-corrected chi connectivity index (χ0v) is 13.7. The standard InChI is InChI=1S/C19H17N3O3/c1-2-25-19(24)16-10-6-7-11-17(16)22-18(23)14(12-20)13-21-15-8-4-3-5-9-15/h3-11,13,21H,2H2,1H3,(H,22,23)/b14-13-. The third kappa shape index (κ3) is 4.94. The van der Waals surface area contributed by atoms with Crippen molar-refractivity contribution in [2.75, 3.05) is 17.2 Å². The number of ether oxygens (including phenoxy) is 1. The Bertz CT molecular complexity index is 823. The van der Waals surface area contributed by atoms with E-state index in [-0.39, 0.29) is 23.4 Å². The summed E-state index contributed by atoms with van der Waals surface area (Å²) in [5, 5.41) is 14.7. The number of nitrogens with zero attached hydrogens (tertiary/aromatic N) is 1. The topological polar surface area (TPSA) is 91.2 Å². The molecule has 0 saturated carbocycles. The van der Waals surface area contributed by atoms with Crippen molar-refractivity contribution in [3.63, 3.8) is 0 Å². The number of esters is 1. The van der Waals surface area contributed by atoms with Crippen LogP contribution in [0.3, 0.4) is 0 Å². The molecule has 0 heterocycles. The summed E-state index contributed by atoms with van der Waals surface area (Å²) in [7, 11) is 0. The number of hydrogen-bond acceptors (Lipinski definition) is 5. The van der Waals surface area contributed by atoms with Gasteiger partial charge in [-0.25, -0.2) is 4.79 Å². The average molecular weight is 335 g/mol. The quantitative estimate of drug-likeness (QED) is 0.480. The van der Waals surface area contributed by atoms with Crippen LogP contribution < -0.4 is 10.6 Å². The van der Waals surface area contributed by atoms with Gasteiger partial charge in [-0.2, -0.15) is 5.26 Å². The number of para-hydroxylation sites is 2. The lowest BCUT2D eigenvalue weighted by molar-refractivity contribution is -0.112. The first-order valence-electron chi connectivity index (χ1n) is 7.65. The van der Waals surface area contributed by atoms with Gasteiger partial charge < -0.3 is 15.4 Å². The van der Waals surface area contributed by atoms with Crippen LogP contribution in [0, 0.1) is 11.3 Å². The molecular formula is C19H17N3O3. The highest BCUT2D eigenvalue weighted by Gasteiger charge is 2.16. The van der Waals surface area contributed by atoms with E-state index in [2.05, 4.69) is 10.6 Å². The van der Waals surface area contributed by atoms with Crippen molar-refractivity contribution in [2.45, 2.75) is 6.92 Å². The summed E-state index contributed by atoms with van der Waals surface area (Å²) < 4.78 is 4.96. The van der Waals surface area contributed by atoms with E-state index in [0.717, 1.165) is 5.69 Å². The minimum atomic E-state index is -0.623. The molecule has 0 fully saturated rings. The van der Waals surface area contributed by atoms with E-state index in [9.17, 15) is 14.9 Å². The zero-order valence-electron chi connectivity index (χ0n) is 13.7. The van der Waals surface area contributed by atoms with Crippen LogP contribution in [0.25, 0.3) is 0 Å². The summed E-state index contributed by atoms with van der Waals surface area (Å²) in [6.45, 7) is 1.93. The Hall–Kier alpha value is -3.59. The van der Waals surface area contributed by atoms with Crippen molar-refractivity contribution in [2.24, 2.45) is 0 Å². The number of carbonyl (C=O) groups excluding carboxylic acids is 2. The third-order valence-electron chi connectivity index (χ3n) is 3.19. The van der Waals surface area contributed by atoms with Crippen LogP contribution in [0.1, 0.15) is 17.3 Å². The maximum Gasteiger partial charge on any atom is 0.340 e. The number of rotatable bonds is 6. The second kappa shape index (κ2) is 8.89. The van der Waals surface area contributed by atoms with E-state index in [4.69, 9.17) is 4.74 Å². The van der Waals surface area contributed by atoms with Crippen LogP contribution in [-0.2, 0) is 9.53 Å². The summed E-state index contributed by atoms with van der Waals surface area (Å²) in [6, 6.07) is 17.4. The predicted molar refractivity (Wildman–Crippen MR) is 94.8 cm³/mol. The summed E-state index contributed by atoms with van der Waals surface area (Å²) >= 11 is 0.